The highest BCUT2D eigenvalue weighted by atomic mass is 35.5. The van der Waals surface area contributed by atoms with Crippen molar-refractivity contribution in [3.63, 3.8) is 0 Å². The Morgan fingerprint density at radius 3 is 2.88 bits per heavy atom. The first-order valence-corrected chi connectivity index (χ1v) is 5.73. The van der Waals surface area contributed by atoms with Crippen LogP contribution in [0.2, 0.25) is 5.02 Å². The topological polar surface area (TPSA) is 56.0 Å². The molecule has 2 atom stereocenters. The average Bonchev–Trinajstić information content (AvgIpc) is 2.65. The normalized spacial score (nSPS) is 24.1. The van der Waals surface area contributed by atoms with Gasteiger partial charge in [-0.3, -0.25) is 0 Å². The van der Waals surface area contributed by atoms with Crippen molar-refractivity contribution in [3.8, 4) is 6.07 Å². The number of benzene rings is 1. The molecule has 0 saturated heterocycles. The van der Waals surface area contributed by atoms with Gasteiger partial charge in [-0.1, -0.05) is 11.6 Å². The van der Waals surface area contributed by atoms with Crippen LogP contribution in [-0.4, -0.2) is 17.3 Å². The SMILES string of the molecule is N#Cc1ccc(Cl)cc1N[C@@H]1CCC[C@H]1O. The Morgan fingerprint density at radius 1 is 1.44 bits per heavy atom. The molecule has 1 aromatic rings. The van der Waals surface area contributed by atoms with Crippen LogP contribution in [-0.2, 0) is 0 Å². The lowest BCUT2D eigenvalue weighted by Crippen LogP contribution is -2.28. The van der Waals surface area contributed by atoms with Crippen LogP contribution in [0.3, 0.4) is 0 Å². The molecule has 0 aliphatic heterocycles. The van der Waals surface area contributed by atoms with Gasteiger partial charge in [-0.2, -0.15) is 5.26 Å². The third kappa shape index (κ3) is 2.29. The summed E-state index contributed by atoms with van der Waals surface area (Å²) in [5.74, 6) is 0. The summed E-state index contributed by atoms with van der Waals surface area (Å²) in [5, 5.41) is 22.4. The maximum absolute atomic E-state index is 9.70. The molecule has 1 fully saturated rings. The van der Waals surface area contributed by atoms with E-state index in [-0.39, 0.29) is 12.1 Å². The van der Waals surface area contributed by atoms with E-state index >= 15 is 0 Å². The Balaban J connectivity index is 2.20. The van der Waals surface area contributed by atoms with Crippen LogP contribution < -0.4 is 5.32 Å². The quantitative estimate of drug-likeness (QED) is 0.830. The summed E-state index contributed by atoms with van der Waals surface area (Å²) in [6, 6.07) is 7.25. The summed E-state index contributed by atoms with van der Waals surface area (Å²) < 4.78 is 0. The van der Waals surface area contributed by atoms with Crippen LogP contribution in [0.4, 0.5) is 5.69 Å². The molecule has 2 rings (SSSR count). The molecule has 1 aliphatic rings. The molecule has 0 heterocycles. The summed E-state index contributed by atoms with van der Waals surface area (Å²) in [4.78, 5) is 0. The second-order valence-electron chi connectivity index (χ2n) is 4.05. The van der Waals surface area contributed by atoms with Crippen molar-refractivity contribution in [2.75, 3.05) is 5.32 Å². The van der Waals surface area contributed by atoms with E-state index in [0.717, 1.165) is 19.3 Å². The molecular weight excluding hydrogens is 224 g/mol. The van der Waals surface area contributed by atoms with Crippen molar-refractivity contribution in [1.82, 2.24) is 0 Å². The monoisotopic (exact) mass is 236 g/mol. The zero-order valence-electron chi connectivity index (χ0n) is 8.78. The lowest BCUT2D eigenvalue weighted by Gasteiger charge is -2.18. The third-order valence-electron chi connectivity index (χ3n) is 2.92. The van der Waals surface area contributed by atoms with Gasteiger partial charge in [-0.15, -0.1) is 0 Å². The minimum Gasteiger partial charge on any atom is -0.391 e. The van der Waals surface area contributed by atoms with Crippen LogP contribution in [0.1, 0.15) is 24.8 Å². The van der Waals surface area contributed by atoms with E-state index in [9.17, 15) is 5.11 Å². The number of hydrogen-bond acceptors (Lipinski definition) is 3. The van der Waals surface area contributed by atoms with Crippen LogP contribution in [0.15, 0.2) is 18.2 Å². The van der Waals surface area contributed by atoms with Crippen molar-refractivity contribution in [1.29, 1.82) is 5.26 Å². The largest absolute Gasteiger partial charge is 0.391 e. The van der Waals surface area contributed by atoms with Crippen molar-refractivity contribution in [2.45, 2.75) is 31.4 Å². The highest BCUT2D eigenvalue weighted by Crippen LogP contribution is 2.26. The van der Waals surface area contributed by atoms with Gasteiger partial charge in [0.05, 0.1) is 23.4 Å². The molecule has 1 aliphatic carbocycles. The number of hydrogen-bond donors (Lipinski definition) is 2. The number of nitriles is 1. The van der Waals surface area contributed by atoms with Gasteiger partial charge in [0, 0.05) is 5.02 Å². The van der Waals surface area contributed by atoms with E-state index in [0.29, 0.717) is 16.3 Å². The predicted molar refractivity (Wildman–Crippen MR) is 63.4 cm³/mol. The summed E-state index contributed by atoms with van der Waals surface area (Å²) >= 11 is 5.88. The summed E-state index contributed by atoms with van der Waals surface area (Å²) in [6.45, 7) is 0. The van der Waals surface area contributed by atoms with Crippen LogP contribution in [0.5, 0.6) is 0 Å². The first-order chi connectivity index (χ1) is 7.70. The second-order valence-corrected chi connectivity index (χ2v) is 4.49. The van der Waals surface area contributed by atoms with E-state index in [4.69, 9.17) is 16.9 Å². The van der Waals surface area contributed by atoms with Crippen molar-refractivity contribution in [2.24, 2.45) is 0 Å². The number of anilines is 1. The fourth-order valence-corrected chi connectivity index (χ4v) is 2.21. The van der Waals surface area contributed by atoms with Crippen molar-refractivity contribution < 1.29 is 5.11 Å². The Hall–Kier alpha value is -1.24. The number of nitrogens with zero attached hydrogens (tertiary/aromatic N) is 1. The van der Waals surface area contributed by atoms with Gasteiger partial charge >= 0.3 is 0 Å². The predicted octanol–water partition coefficient (Wildman–Crippen LogP) is 2.54. The summed E-state index contributed by atoms with van der Waals surface area (Å²) in [6.07, 6.45) is 2.44. The Bertz CT molecular complexity index is 428. The molecule has 2 N–H and O–H groups in total. The number of aliphatic hydroxyl groups is 1. The molecule has 0 bridgehead atoms. The number of nitrogens with one attached hydrogen (secondary N) is 1. The number of halogens is 1. The molecule has 1 aromatic carbocycles. The van der Waals surface area contributed by atoms with Gasteiger partial charge < -0.3 is 10.4 Å². The molecule has 84 valence electrons. The smallest absolute Gasteiger partial charge is 0.101 e. The Morgan fingerprint density at radius 2 is 2.25 bits per heavy atom. The molecular formula is C12H13ClN2O. The van der Waals surface area contributed by atoms with Crippen LogP contribution in [0, 0.1) is 11.3 Å². The highest BCUT2D eigenvalue weighted by molar-refractivity contribution is 6.30. The molecule has 0 amide bonds. The number of rotatable bonds is 2. The molecule has 4 heteroatoms. The van der Waals surface area contributed by atoms with Crippen LogP contribution in [0.25, 0.3) is 0 Å². The summed E-state index contributed by atoms with van der Waals surface area (Å²) in [5.41, 5.74) is 1.27. The number of aliphatic hydroxyl groups excluding tert-OH is 1. The van der Waals surface area contributed by atoms with Gasteiger partial charge in [0.2, 0.25) is 0 Å². The van der Waals surface area contributed by atoms with E-state index in [2.05, 4.69) is 11.4 Å². The maximum Gasteiger partial charge on any atom is 0.101 e. The van der Waals surface area contributed by atoms with Crippen molar-refractivity contribution >= 4 is 17.3 Å². The second kappa shape index (κ2) is 4.73. The maximum atomic E-state index is 9.70. The lowest BCUT2D eigenvalue weighted by atomic mass is 10.1. The third-order valence-corrected chi connectivity index (χ3v) is 3.16. The van der Waals surface area contributed by atoms with Gasteiger partial charge in [0.15, 0.2) is 0 Å². The van der Waals surface area contributed by atoms with Gasteiger partial charge in [-0.05, 0) is 37.5 Å². The highest BCUT2D eigenvalue weighted by Gasteiger charge is 2.25. The minimum atomic E-state index is -0.328. The molecule has 0 aromatic heterocycles. The Kier molecular flexibility index (Phi) is 3.33. The van der Waals surface area contributed by atoms with Gasteiger partial charge in [0.1, 0.15) is 6.07 Å². The van der Waals surface area contributed by atoms with Gasteiger partial charge in [-0.25, -0.2) is 0 Å². The first-order valence-electron chi connectivity index (χ1n) is 5.35. The van der Waals surface area contributed by atoms with E-state index < -0.39 is 0 Å². The fraction of sp³-hybridized carbons (Fsp3) is 0.417. The van der Waals surface area contributed by atoms with Gasteiger partial charge in [0.25, 0.3) is 0 Å². The molecule has 1 saturated carbocycles. The standard InChI is InChI=1S/C12H13ClN2O/c13-9-5-4-8(7-14)11(6-9)15-10-2-1-3-12(10)16/h4-6,10,12,15-16H,1-3H2/t10-,12-/m1/s1. The van der Waals surface area contributed by atoms with Crippen LogP contribution >= 0.6 is 11.6 Å². The molecule has 3 nitrogen and oxygen atoms in total. The minimum absolute atomic E-state index is 0.0329. The molecule has 0 spiro atoms. The molecule has 0 radical (unpaired) electrons. The lowest BCUT2D eigenvalue weighted by molar-refractivity contribution is 0.172. The zero-order chi connectivity index (χ0) is 11.5. The molecule has 0 unspecified atom stereocenters. The average molecular weight is 237 g/mol. The zero-order valence-corrected chi connectivity index (χ0v) is 9.54. The fourth-order valence-electron chi connectivity index (χ4n) is 2.04. The van der Waals surface area contributed by atoms with E-state index in [1.54, 1.807) is 18.2 Å². The van der Waals surface area contributed by atoms with E-state index in [1.165, 1.54) is 0 Å². The first kappa shape index (κ1) is 11.3. The molecule has 16 heavy (non-hydrogen) atoms. The summed E-state index contributed by atoms with van der Waals surface area (Å²) in [7, 11) is 0. The van der Waals surface area contributed by atoms with E-state index in [1.807, 2.05) is 0 Å². The Labute approximate surface area is 99.7 Å². The van der Waals surface area contributed by atoms with Crippen molar-refractivity contribution in [3.05, 3.63) is 28.8 Å².